The molecule has 0 unspecified atom stereocenters. The molecule has 0 atom stereocenters. The van der Waals surface area contributed by atoms with Crippen LogP contribution in [0.15, 0.2) is 182 Å². The maximum atomic E-state index is 7.46. The van der Waals surface area contributed by atoms with E-state index in [1.807, 2.05) is 23.9 Å². The van der Waals surface area contributed by atoms with E-state index < -0.39 is 0 Å². The number of ether oxygens (including phenoxy) is 2. The van der Waals surface area contributed by atoms with Crippen LogP contribution in [0.3, 0.4) is 0 Å². The van der Waals surface area contributed by atoms with Crippen LogP contribution >= 0.6 is 11.8 Å². The van der Waals surface area contributed by atoms with Gasteiger partial charge in [0, 0.05) is 43.1 Å². The maximum Gasteiger partial charge on any atom is 0.256 e. The molecule has 0 radical (unpaired) electrons. The lowest BCUT2D eigenvalue weighted by molar-refractivity contribution is 0.467. The number of furan rings is 2. The molecule has 0 aliphatic carbocycles. The second kappa shape index (κ2) is 11.2. The zero-order chi connectivity index (χ0) is 39.9. The van der Waals surface area contributed by atoms with Crippen molar-refractivity contribution in [2.75, 3.05) is 4.90 Å². The van der Waals surface area contributed by atoms with Crippen molar-refractivity contribution in [3.8, 4) is 45.3 Å². The second-order valence-electron chi connectivity index (χ2n) is 17.0. The third kappa shape index (κ3) is 3.83. The van der Waals surface area contributed by atoms with Crippen LogP contribution < -0.4 is 47.2 Å². The highest BCUT2D eigenvalue weighted by Gasteiger charge is 2.53. The quantitative estimate of drug-likeness (QED) is 0.162. The van der Waals surface area contributed by atoms with Gasteiger partial charge in [-0.2, -0.15) is 0 Å². The molecule has 284 valence electrons. The largest absolute Gasteiger partial charge is 0.457 e. The molecule has 5 aliphatic rings. The fraction of sp³-hybridized carbons (Fsp3) is 0. The zero-order valence-electron chi connectivity index (χ0n) is 32.7. The first kappa shape index (κ1) is 32.3. The zero-order valence-corrected chi connectivity index (χ0v) is 33.5. The van der Waals surface area contributed by atoms with Gasteiger partial charge in [-0.1, -0.05) is 145 Å². The molecule has 0 spiro atoms. The fourth-order valence-electron chi connectivity index (χ4n) is 11.5. The van der Waals surface area contributed by atoms with Crippen molar-refractivity contribution in [2.45, 2.75) is 9.79 Å². The Morgan fingerprint density at radius 1 is 0.403 bits per heavy atom. The molecule has 8 heteroatoms. The maximum absolute atomic E-state index is 7.46. The van der Waals surface area contributed by atoms with Gasteiger partial charge in [-0.05, 0) is 68.2 Å². The molecule has 62 heavy (non-hydrogen) atoms. The minimum atomic E-state index is -0.115. The predicted octanol–water partition coefficient (Wildman–Crippen LogP) is 10.6. The van der Waals surface area contributed by atoms with Gasteiger partial charge >= 0.3 is 0 Å². The van der Waals surface area contributed by atoms with E-state index in [0.29, 0.717) is 0 Å². The molecule has 0 saturated carbocycles. The number of hydrogen-bond donors (Lipinski definition) is 0. The van der Waals surface area contributed by atoms with Gasteiger partial charge in [0.15, 0.2) is 0 Å². The van der Waals surface area contributed by atoms with Crippen molar-refractivity contribution < 1.29 is 18.3 Å². The molecule has 16 rings (SSSR count). The van der Waals surface area contributed by atoms with Crippen LogP contribution in [-0.4, -0.2) is 13.4 Å². The molecule has 0 bridgehead atoms. The molecule has 0 saturated heterocycles. The van der Waals surface area contributed by atoms with E-state index in [1.165, 1.54) is 48.7 Å². The highest BCUT2D eigenvalue weighted by Crippen LogP contribution is 2.56. The summed E-state index contributed by atoms with van der Waals surface area (Å²) in [6.45, 7) is -0.231. The molecule has 0 amide bonds. The number of anilines is 3. The summed E-state index contributed by atoms with van der Waals surface area (Å²) in [4.78, 5) is 5.06. The normalized spacial score (nSPS) is 14.2. The van der Waals surface area contributed by atoms with Crippen LogP contribution in [-0.2, 0) is 0 Å². The Morgan fingerprint density at radius 2 is 0.871 bits per heavy atom. The minimum absolute atomic E-state index is 0.115. The summed E-state index contributed by atoms with van der Waals surface area (Å²) < 4.78 is 28.5. The number of para-hydroxylation sites is 4. The van der Waals surface area contributed by atoms with E-state index in [4.69, 9.17) is 18.3 Å². The molecule has 11 aromatic rings. The van der Waals surface area contributed by atoms with Gasteiger partial charge in [-0.15, -0.1) is 0 Å². The van der Waals surface area contributed by atoms with Gasteiger partial charge < -0.3 is 23.2 Å². The van der Waals surface area contributed by atoms with E-state index >= 15 is 0 Å². The standard InChI is InChI=1S/C54H27B2NO4S/c1-3-13-28(14-4-1)44-51-32(30-17-7-9-21-38(30)58-51)25-36-53(44)60-40-27-41-47-50-46(40)55(36)34-19-11-23-42-48(34)57(50)49-35(20-12-24-43(49)62-42)56(47)37-26-33-31-18-8-10-22-39(31)59-52(33)45(54(37)61-41)29-15-5-2-6-16-29/h1-27H. The predicted molar refractivity (Wildman–Crippen MR) is 253 cm³/mol. The highest BCUT2D eigenvalue weighted by atomic mass is 32.2. The summed E-state index contributed by atoms with van der Waals surface area (Å²) in [7, 11) is 0. The number of fused-ring (bicyclic) bond motifs is 12. The molecule has 9 aromatic carbocycles. The van der Waals surface area contributed by atoms with Crippen molar-refractivity contribution in [1.82, 2.24) is 0 Å². The summed E-state index contributed by atoms with van der Waals surface area (Å²) in [5, 5.41) is 4.37. The van der Waals surface area contributed by atoms with E-state index in [1.54, 1.807) is 0 Å². The third-order valence-corrected chi connectivity index (χ3v) is 15.0. The summed E-state index contributed by atoms with van der Waals surface area (Å²) in [5.41, 5.74) is 18.2. The number of rotatable bonds is 2. The lowest BCUT2D eigenvalue weighted by atomic mass is 9.29. The van der Waals surface area contributed by atoms with E-state index in [2.05, 4.69) is 157 Å². The monoisotopic (exact) mass is 807 g/mol. The van der Waals surface area contributed by atoms with Crippen molar-refractivity contribution in [2.24, 2.45) is 0 Å². The van der Waals surface area contributed by atoms with Gasteiger partial charge in [0.25, 0.3) is 13.4 Å². The summed E-state index contributed by atoms with van der Waals surface area (Å²) in [6.07, 6.45) is 0. The first-order chi connectivity index (χ1) is 30.8. The smallest absolute Gasteiger partial charge is 0.256 e. The molecule has 0 N–H and O–H groups in total. The van der Waals surface area contributed by atoms with Crippen molar-refractivity contribution >= 4 is 119 Å². The SMILES string of the molecule is c1ccc(-c2c3c(cc4c2oc2ccccc24)B2c4cccc5c4N4c6c(cccc6B6c7cc8c(oc9ccccc98)c(-c8ccccc8)c7Oc7cc(c2c4c76)O3)S5)cc1. The fourth-order valence-corrected chi connectivity index (χ4v) is 12.7. The number of benzene rings is 9. The summed E-state index contributed by atoms with van der Waals surface area (Å²) >= 11 is 1.88. The number of hydrogen-bond acceptors (Lipinski definition) is 6. The van der Waals surface area contributed by atoms with Crippen LogP contribution in [0.25, 0.3) is 66.1 Å². The van der Waals surface area contributed by atoms with Crippen LogP contribution in [0.5, 0.6) is 23.0 Å². The Labute approximate surface area is 359 Å². The molecule has 2 aromatic heterocycles. The highest BCUT2D eigenvalue weighted by molar-refractivity contribution is 7.99. The Hall–Kier alpha value is -7.54. The Kier molecular flexibility index (Phi) is 5.84. The minimum Gasteiger partial charge on any atom is -0.457 e. The summed E-state index contributed by atoms with van der Waals surface area (Å²) in [6, 6.07) is 58.5. The molecule has 0 fully saturated rings. The lowest BCUT2D eigenvalue weighted by Crippen LogP contribution is -2.67. The van der Waals surface area contributed by atoms with E-state index in [0.717, 1.165) is 100 Å². The van der Waals surface area contributed by atoms with Crippen LogP contribution in [0, 0.1) is 0 Å². The molecule has 7 heterocycles. The first-order valence-corrected chi connectivity index (χ1v) is 22.0. The second-order valence-corrected chi connectivity index (χ2v) is 18.0. The number of nitrogens with zero attached hydrogens (tertiary/aromatic N) is 1. The Balaban J connectivity index is 1.06. The van der Waals surface area contributed by atoms with E-state index in [-0.39, 0.29) is 13.4 Å². The Bertz CT molecular complexity index is 3630. The van der Waals surface area contributed by atoms with Gasteiger partial charge in [0.2, 0.25) is 0 Å². The van der Waals surface area contributed by atoms with Crippen LogP contribution in [0.1, 0.15) is 0 Å². The van der Waals surface area contributed by atoms with Crippen molar-refractivity contribution in [1.29, 1.82) is 0 Å². The average Bonchev–Trinajstić information content (AvgIpc) is 3.88. The molecular weight excluding hydrogens is 780 g/mol. The van der Waals surface area contributed by atoms with Crippen LogP contribution in [0.4, 0.5) is 17.1 Å². The first-order valence-electron chi connectivity index (χ1n) is 21.1. The average molecular weight is 808 g/mol. The Morgan fingerprint density at radius 3 is 1.37 bits per heavy atom. The van der Waals surface area contributed by atoms with Crippen molar-refractivity contribution in [3.05, 3.63) is 164 Å². The topological polar surface area (TPSA) is 48.0 Å². The molecule has 5 nitrogen and oxygen atoms in total. The van der Waals surface area contributed by atoms with Crippen LogP contribution in [0.2, 0.25) is 0 Å². The van der Waals surface area contributed by atoms with E-state index in [9.17, 15) is 0 Å². The van der Waals surface area contributed by atoms with Crippen molar-refractivity contribution in [3.63, 3.8) is 0 Å². The summed E-state index contributed by atoms with van der Waals surface area (Å²) in [5.74, 6) is 3.24. The molecule has 5 aliphatic heterocycles. The van der Waals surface area contributed by atoms with Gasteiger partial charge in [-0.3, -0.25) is 0 Å². The lowest BCUT2D eigenvalue weighted by Gasteiger charge is -2.49. The van der Waals surface area contributed by atoms with Gasteiger partial charge in [0.05, 0.1) is 22.5 Å². The van der Waals surface area contributed by atoms with Gasteiger partial charge in [0.1, 0.15) is 45.3 Å². The third-order valence-electron chi connectivity index (χ3n) is 13.9. The van der Waals surface area contributed by atoms with Gasteiger partial charge in [-0.25, -0.2) is 0 Å². The molecular formula is C54H27B2NO4S.